The van der Waals surface area contributed by atoms with Crippen molar-refractivity contribution in [3.8, 4) is 0 Å². The first kappa shape index (κ1) is 15.7. The number of aromatic nitrogens is 6. The van der Waals surface area contributed by atoms with Gasteiger partial charge in [0.05, 0.1) is 5.39 Å². The van der Waals surface area contributed by atoms with Crippen molar-refractivity contribution in [2.75, 3.05) is 5.32 Å². The molecule has 0 saturated heterocycles. The third-order valence-electron chi connectivity index (χ3n) is 4.07. The summed E-state index contributed by atoms with van der Waals surface area (Å²) in [5.74, 6) is -0.288. The van der Waals surface area contributed by atoms with E-state index in [4.69, 9.17) is 0 Å². The molecular weight excluding hydrogens is 338 g/mol. The highest BCUT2D eigenvalue weighted by Gasteiger charge is 2.15. The molecule has 26 heavy (non-hydrogen) atoms. The molecule has 4 rings (SSSR count). The first-order valence-corrected chi connectivity index (χ1v) is 7.65. The SMILES string of the molecule is Cn1c(=O)c2ccc(C(=O)Nc3nnc4ccccn34)nc2n(C)c1=O. The molecule has 10 heteroatoms. The second kappa shape index (κ2) is 5.62. The molecule has 10 nitrogen and oxygen atoms in total. The van der Waals surface area contributed by atoms with Gasteiger partial charge in [0, 0.05) is 20.3 Å². The topological polar surface area (TPSA) is 116 Å². The molecule has 4 aromatic heterocycles. The Morgan fingerprint density at radius 2 is 1.85 bits per heavy atom. The van der Waals surface area contributed by atoms with E-state index in [1.807, 2.05) is 6.07 Å². The minimum absolute atomic E-state index is 0.0495. The van der Waals surface area contributed by atoms with Crippen molar-refractivity contribution < 1.29 is 4.79 Å². The number of hydrogen-bond donors (Lipinski definition) is 1. The monoisotopic (exact) mass is 351 g/mol. The lowest BCUT2D eigenvalue weighted by Crippen LogP contribution is -2.37. The van der Waals surface area contributed by atoms with Crippen molar-refractivity contribution in [2.24, 2.45) is 14.1 Å². The van der Waals surface area contributed by atoms with Crippen LogP contribution in [-0.2, 0) is 14.1 Å². The van der Waals surface area contributed by atoms with Gasteiger partial charge in [0.1, 0.15) is 11.3 Å². The molecule has 0 bridgehead atoms. The maximum absolute atomic E-state index is 12.5. The number of fused-ring (bicyclic) bond motifs is 2. The molecule has 0 aromatic carbocycles. The van der Waals surface area contributed by atoms with Crippen LogP contribution in [0, 0.1) is 0 Å². The van der Waals surface area contributed by atoms with Crippen molar-refractivity contribution in [3.63, 3.8) is 0 Å². The van der Waals surface area contributed by atoms with E-state index < -0.39 is 17.2 Å². The molecule has 1 amide bonds. The predicted molar refractivity (Wildman–Crippen MR) is 93.2 cm³/mol. The predicted octanol–water partition coefficient (Wildman–Crippen LogP) is -0.0728. The molecule has 0 atom stereocenters. The second-order valence-electron chi connectivity index (χ2n) is 5.68. The first-order valence-electron chi connectivity index (χ1n) is 7.65. The number of rotatable bonds is 2. The van der Waals surface area contributed by atoms with Gasteiger partial charge in [-0.15, -0.1) is 10.2 Å². The van der Waals surface area contributed by atoms with Crippen molar-refractivity contribution in [2.45, 2.75) is 0 Å². The van der Waals surface area contributed by atoms with Crippen LogP contribution in [0.2, 0.25) is 0 Å². The maximum atomic E-state index is 12.5. The van der Waals surface area contributed by atoms with E-state index in [0.717, 1.165) is 4.57 Å². The third kappa shape index (κ3) is 2.27. The molecule has 0 unspecified atom stereocenters. The van der Waals surface area contributed by atoms with Gasteiger partial charge < -0.3 is 0 Å². The Kier molecular flexibility index (Phi) is 3.39. The molecule has 0 aliphatic carbocycles. The number of nitrogens with zero attached hydrogens (tertiary/aromatic N) is 6. The fourth-order valence-electron chi connectivity index (χ4n) is 2.67. The Labute approximate surface area is 145 Å². The first-order chi connectivity index (χ1) is 12.5. The highest BCUT2D eigenvalue weighted by molar-refractivity contribution is 6.03. The maximum Gasteiger partial charge on any atom is 0.332 e. The molecule has 0 aliphatic rings. The third-order valence-corrected chi connectivity index (χ3v) is 4.07. The average Bonchev–Trinajstić information content (AvgIpc) is 3.07. The summed E-state index contributed by atoms with van der Waals surface area (Å²) in [6, 6.07) is 8.24. The smallest absolute Gasteiger partial charge is 0.289 e. The molecule has 4 heterocycles. The Hall–Kier alpha value is -3.82. The van der Waals surface area contributed by atoms with Gasteiger partial charge in [0.2, 0.25) is 5.95 Å². The van der Waals surface area contributed by atoms with Crippen molar-refractivity contribution >= 4 is 28.5 Å². The minimum Gasteiger partial charge on any atom is -0.289 e. The van der Waals surface area contributed by atoms with E-state index in [9.17, 15) is 14.4 Å². The fourth-order valence-corrected chi connectivity index (χ4v) is 2.67. The minimum atomic E-state index is -0.529. The number of carbonyl (C=O) groups excluding carboxylic acids is 1. The lowest BCUT2D eigenvalue weighted by Gasteiger charge is -2.08. The molecule has 4 aromatic rings. The standard InChI is InChI=1S/C16H13N7O3/c1-21-12-9(14(25)22(2)16(21)26)6-7-10(17-12)13(24)18-15-20-19-11-5-3-4-8-23(11)15/h3-8H,1-2H3,(H,18,20,24). The van der Waals surface area contributed by atoms with Crippen LogP contribution in [0.5, 0.6) is 0 Å². The van der Waals surface area contributed by atoms with Crippen LogP contribution in [0.1, 0.15) is 10.5 Å². The van der Waals surface area contributed by atoms with Gasteiger partial charge in [-0.3, -0.25) is 28.4 Å². The zero-order valence-corrected chi connectivity index (χ0v) is 13.9. The van der Waals surface area contributed by atoms with Gasteiger partial charge in [-0.05, 0) is 24.3 Å². The fraction of sp³-hybridized carbons (Fsp3) is 0.125. The van der Waals surface area contributed by atoms with Crippen LogP contribution >= 0.6 is 0 Å². The molecule has 0 saturated carbocycles. The Morgan fingerprint density at radius 3 is 2.65 bits per heavy atom. The summed E-state index contributed by atoms with van der Waals surface area (Å²) < 4.78 is 3.83. The van der Waals surface area contributed by atoms with Crippen LogP contribution in [0.3, 0.4) is 0 Å². The number of anilines is 1. The Morgan fingerprint density at radius 1 is 1.04 bits per heavy atom. The van der Waals surface area contributed by atoms with Gasteiger partial charge in [-0.25, -0.2) is 9.78 Å². The van der Waals surface area contributed by atoms with E-state index in [1.54, 1.807) is 22.7 Å². The molecule has 0 aliphatic heterocycles. The Bertz CT molecular complexity index is 1300. The average molecular weight is 351 g/mol. The lowest BCUT2D eigenvalue weighted by molar-refractivity contribution is 0.102. The number of nitrogens with one attached hydrogen (secondary N) is 1. The van der Waals surface area contributed by atoms with E-state index in [-0.39, 0.29) is 22.7 Å². The lowest BCUT2D eigenvalue weighted by atomic mass is 10.2. The van der Waals surface area contributed by atoms with Gasteiger partial charge in [-0.1, -0.05) is 6.07 Å². The van der Waals surface area contributed by atoms with Gasteiger partial charge in [0.15, 0.2) is 5.65 Å². The number of hydrogen-bond acceptors (Lipinski definition) is 6. The number of pyridine rings is 2. The van der Waals surface area contributed by atoms with Gasteiger partial charge in [-0.2, -0.15) is 0 Å². The largest absolute Gasteiger partial charge is 0.332 e. The summed E-state index contributed by atoms with van der Waals surface area (Å²) in [6.45, 7) is 0. The number of aryl methyl sites for hydroxylation is 1. The quantitative estimate of drug-likeness (QED) is 0.540. The van der Waals surface area contributed by atoms with E-state index >= 15 is 0 Å². The normalized spacial score (nSPS) is 11.2. The molecule has 0 fully saturated rings. The highest BCUT2D eigenvalue weighted by Crippen LogP contribution is 2.11. The van der Waals surface area contributed by atoms with Crippen LogP contribution in [0.4, 0.5) is 5.95 Å². The van der Waals surface area contributed by atoms with Gasteiger partial charge in [0.25, 0.3) is 11.5 Å². The molecule has 0 spiro atoms. The van der Waals surface area contributed by atoms with E-state index in [1.165, 1.54) is 30.8 Å². The van der Waals surface area contributed by atoms with Crippen LogP contribution in [-0.4, -0.2) is 34.6 Å². The van der Waals surface area contributed by atoms with E-state index in [2.05, 4.69) is 20.5 Å². The zero-order chi connectivity index (χ0) is 18.4. The molecule has 130 valence electrons. The molecule has 1 N–H and O–H groups in total. The summed E-state index contributed by atoms with van der Waals surface area (Å²) in [6.07, 6.45) is 1.71. The van der Waals surface area contributed by atoms with Crippen LogP contribution in [0.25, 0.3) is 16.7 Å². The van der Waals surface area contributed by atoms with Crippen molar-refractivity contribution in [1.82, 2.24) is 28.7 Å². The summed E-state index contributed by atoms with van der Waals surface area (Å²) in [5.41, 5.74) is -0.215. The second-order valence-corrected chi connectivity index (χ2v) is 5.68. The van der Waals surface area contributed by atoms with Crippen LogP contribution in [0.15, 0.2) is 46.1 Å². The summed E-state index contributed by atoms with van der Waals surface area (Å²) in [7, 11) is 2.88. The van der Waals surface area contributed by atoms with Crippen molar-refractivity contribution in [3.05, 3.63) is 63.1 Å². The van der Waals surface area contributed by atoms with Crippen LogP contribution < -0.4 is 16.6 Å². The molecule has 0 radical (unpaired) electrons. The zero-order valence-electron chi connectivity index (χ0n) is 13.9. The highest BCUT2D eigenvalue weighted by atomic mass is 16.2. The summed E-state index contributed by atoms with van der Waals surface area (Å²) in [4.78, 5) is 40.9. The van der Waals surface area contributed by atoms with Crippen molar-refractivity contribution in [1.29, 1.82) is 0 Å². The molecular formula is C16H13N7O3. The summed E-state index contributed by atoms with van der Waals surface area (Å²) in [5, 5.41) is 10.7. The number of amides is 1. The Balaban J connectivity index is 1.78. The van der Waals surface area contributed by atoms with Gasteiger partial charge >= 0.3 is 5.69 Å². The number of carbonyl (C=O) groups is 1. The van der Waals surface area contributed by atoms with E-state index in [0.29, 0.717) is 5.65 Å². The summed E-state index contributed by atoms with van der Waals surface area (Å²) >= 11 is 0.